The summed E-state index contributed by atoms with van der Waals surface area (Å²) in [4.78, 5) is 0. The van der Waals surface area contributed by atoms with Gasteiger partial charge in [-0.05, 0) is 90.9 Å². The molecule has 0 fully saturated rings. The summed E-state index contributed by atoms with van der Waals surface area (Å²) in [6, 6.07) is 59.3. The van der Waals surface area contributed by atoms with Crippen LogP contribution in [-0.4, -0.2) is 13.7 Å². The predicted molar refractivity (Wildman–Crippen MR) is 222 cm³/mol. The van der Waals surface area contributed by atoms with Gasteiger partial charge in [0.25, 0.3) is 0 Å². The Morgan fingerprint density at radius 2 is 0.904 bits per heavy atom. The van der Waals surface area contributed by atoms with Gasteiger partial charge in [-0.15, -0.1) is 0 Å². The molecule has 0 aliphatic rings. The zero-order valence-electron chi connectivity index (χ0n) is 28.9. The van der Waals surface area contributed by atoms with E-state index in [1.165, 1.54) is 71.3 Å². The monoisotopic (exact) mass is 665 g/mol. The number of allylic oxidation sites excluding steroid dienone is 1. The Morgan fingerprint density at radius 1 is 0.423 bits per heavy atom. The van der Waals surface area contributed by atoms with Crippen LogP contribution in [0.2, 0.25) is 0 Å². The lowest BCUT2D eigenvalue weighted by atomic mass is 10.00. The first-order valence-corrected chi connectivity index (χ1v) is 17.9. The zero-order chi connectivity index (χ0) is 34.8. The number of nitrogens with zero attached hydrogens (tertiary/aromatic N) is 3. The van der Waals surface area contributed by atoms with E-state index in [1.807, 2.05) is 6.08 Å². The van der Waals surface area contributed by atoms with Gasteiger partial charge in [0.15, 0.2) is 0 Å². The van der Waals surface area contributed by atoms with Crippen LogP contribution in [0.4, 0.5) is 0 Å². The van der Waals surface area contributed by atoms with E-state index in [-0.39, 0.29) is 0 Å². The lowest BCUT2D eigenvalue weighted by molar-refractivity contribution is 1.10. The highest BCUT2D eigenvalue weighted by Crippen LogP contribution is 2.43. The highest BCUT2D eigenvalue weighted by Gasteiger charge is 2.23. The van der Waals surface area contributed by atoms with Gasteiger partial charge >= 0.3 is 0 Å². The molecule has 7 aromatic carbocycles. The van der Waals surface area contributed by atoms with Crippen LogP contribution >= 0.6 is 0 Å². The van der Waals surface area contributed by atoms with E-state index < -0.39 is 0 Å². The van der Waals surface area contributed by atoms with Crippen LogP contribution in [0.5, 0.6) is 0 Å². The molecule has 3 heterocycles. The fourth-order valence-corrected chi connectivity index (χ4v) is 8.33. The number of benzene rings is 7. The second kappa shape index (κ2) is 11.9. The highest BCUT2D eigenvalue weighted by molar-refractivity contribution is 6.20. The van der Waals surface area contributed by atoms with Gasteiger partial charge in [0.2, 0.25) is 0 Å². The standard InChI is InChI=1S/C49H35N3/c1-3-16-44-38(4-2)40-27-28-41-43-32-34(33-25-29-46-42(31-33)39-23-14-15-24-45(39)50(46)35-17-8-5-9-18-35)26-30-47(43)52(37-21-12-7-13-22-37)49(41)48(40)51(44)36-19-10-6-11-20-36/h3-32H,2H2,1H3/b16-3-. The summed E-state index contributed by atoms with van der Waals surface area (Å²) >= 11 is 0. The molecule has 0 radical (unpaired) electrons. The Bertz CT molecular complexity index is 3010. The molecule has 0 atom stereocenters. The summed E-state index contributed by atoms with van der Waals surface area (Å²) in [5.41, 5.74) is 14.0. The van der Waals surface area contributed by atoms with Gasteiger partial charge in [0.1, 0.15) is 0 Å². The molecule has 246 valence electrons. The maximum Gasteiger partial charge on any atom is 0.0788 e. The molecule has 0 saturated heterocycles. The molecule has 0 amide bonds. The molecule has 0 aliphatic heterocycles. The first kappa shape index (κ1) is 30.0. The zero-order valence-corrected chi connectivity index (χ0v) is 28.9. The van der Waals surface area contributed by atoms with Crippen LogP contribution < -0.4 is 0 Å². The SMILES string of the molecule is C=Cc1c(/C=C\C)n(-c2ccccc2)c2c1ccc1c3cc(-c4ccc5c(c4)c4ccccc4n5-c4ccccc4)ccc3n(-c3ccccc3)c12. The minimum atomic E-state index is 1.12. The molecule has 0 unspecified atom stereocenters. The molecule has 3 nitrogen and oxygen atoms in total. The molecule has 0 N–H and O–H groups in total. The molecule has 52 heavy (non-hydrogen) atoms. The maximum atomic E-state index is 4.28. The van der Waals surface area contributed by atoms with Gasteiger partial charge in [-0.3, -0.25) is 0 Å². The smallest absolute Gasteiger partial charge is 0.0788 e. The Hall–Kier alpha value is -6.84. The summed E-state index contributed by atoms with van der Waals surface area (Å²) in [5, 5.41) is 6.12. The molecular formula is C49H35N3. The number of hydrogen-bond acceptors (Lipinski definition) is 0. The second-order valence-electron chi connectivity index (χ2n) is 13.4. The van der Waals surface area contributed by atoms with Crippen molar-refractivity contribution in [2.75, 3.05) is 0 Å². The van der Waals surface area contributed by atoms with Crippen LogP contribution in [0, 0.1) is 0 Å². The third-order valence-corrected chi connectivity index (χ3v) is 10.5. The van der Waals surface area contributed by atoms with Crippen molar-refractivity contribution in [1.82, 2.24) is 13.7 Å². The van der Waals surface area contributed by atoms with Crippen LogP contribution in [0.25, 0.3) is 94.9 Å². The molecule has 3 heteroatoms. The summed E-state index contributed by atoms with van der Waals surface area (Å²) in [6.45, 7) is 6.36. The molecule has 0 saturated carbocycles. The first-order chi connectivity index (χ1) is 25.7. The largest absolute Gasteiger partial charge is 0.309 e. The highest BCUT2D eigenvalue weighted by atomic mass is 15.0. The normalized spacial score (nSPS) is 11.9. The van der Waals surface area contributed by atoms with Crippen LogP contribution in [-0.2, 0) is 0 Å². The van der Waals surface area contributed by atoms with Crippen LogP contribution in [0.15, 0.2) is 176 Å². The Morgan fingerprint density at radius 3 is 1.52 bits per heavy atom. The van der Waals surface area contributed by atoms with Crippen molar-refractivity contribution in [2.24, 2.45) is 0 Å². The van der Waals surface area contributed by atoms with Gasteiger partial charge in [0.05, 0.1) is 33.3 Å². The summed E-state index contributed by atoms with van der Waals surface area (Å²) in [6.07, 6.45) is 6.32. The molecule has 0 spiro atoms. The Labute approximate surface area is 302 Å². The van der Waals surface area contributed by atoms with E-state index in [0.29, 0.717) is 0 Å². The van der Waals surface area contributed by atoms with Crippen molar-refractivity contribution in [2.45, 2.75) is 6.92 Å². The minimum Gasteiger partial charge on any atom is -0.309 e. The third kappa shape index (κ3) is 4.39. The molecule has 0 aliphatic carbocycles. The van der Waals surface area contributed by atoms with E-state index in [0.717, 1.165) is 22.6 Å². The van der Waals surface area contributed by atoms with E-state index >= 15 is 0 Å². The molecule has 0 bridgehead atoms. The molecule has 3 aromatic heterocycles. The Balaban J connectivity index is 1.28. The fourth-order valence-electron chi connectivity index (χ4n) is 8.33. The van der Waals surface area contributed by atoms with Crippen molar-refractivity contribution in [3.8, 4) is 28.2 Å². The van der Waals surface area contributed by atoms with Crippen LogP contribution in [0.1, 0.15) is 18.2 Å². The quantitative estimate of drug-likeness (QED) is 0.168. The van der Waals surface area contributed by atoms with Gasteiger partial charge in [-0.2, -0.15) is 0 Å². The van der Waals surface area contributed by atoms with Gasteiger partial charge in [-0.25, -0.2) is 0 Å². The van der Waals surface area contributed by atoms with Crippen molar-refractivity contribution < 1.29 is 0 Å². The lowest BCUT2D eigenvalue weighted by Gasteiger charge is -2.13. The first-order valence-electron chi connectivity index (χ1n) is 17.9. The number of rotatable bonds is 6. The van der Waals surface area contributed by atoms with Crippen molar-refractivity contribution in [1.29, 1.82) is 0 Å². The predicted octanol–water partition coefficient (Wildman–Crippen LogP) is 13.2. The molecule has 10 rings (SSSR count). The van der Waals surface area contributed by atoms with Gasteiger partial charge in [0, 0.05) is 49.6 Å². The van der Waals surface area contributed by atoms with E-state index in [1.54, 1.807) is 0 Å². The molecule has 10 aromatic rings. The van der Waals surface area contributed by atoms with E-state index in [2.05, 4.69) is 203 Å². The number of hydrogen-bond donors (Lipinski definition) is 0. The topological polar surface area (TPSA) is 14.8 Å². The third-order valence-electron chi connectivity index (χ3n) is 10.5. The average molecular weight is 666 g/mol. The summed E-state index contributed by atoms with van der Waals surface area (Å²) in [7, 11) is 0. The lowest BCUT2D eigenvalue weighted by Crippen LogP contribution is -2.00. The fraction of sp³-hybridized carbons (Fsp3) is 0.0204. The van der Waals surface area contributed by atoms with Crippen LogP contribution in [0.3, 0.4) is 0 Å². The average Bonchev–Trinajstić information content (AvgIpc) is 3.83. The van der Waals surface area contributed by atoms with Crippen molar-refractivity contribution in [3.05, 3.63) is 188 Å². The Kier molecular flexibility index (Phi) is 6.87. The van der Waals surface area contributed by atoms with Gasteiger partial charge in [-0.1, -0.05) is 116 Å². The summed E-state index contributed by atoms with van der Waals surface area (Å²) in [5.74, 6) is 0. The van der Waals surface area contributed by atoms with Gasteiger partial charge < -0.3 is 13.7 Å². The molecular weight excluding hydrogens is 631 g/mol. The number of fused-ring (bicyclic) bond motifs is 8. The second-order valence-corrected chi connectivity index (χ2v) is 13.4. The number of para-hydroxylation sites is 4. The number of aromatic nitrogens is 3. The van der Waals surface area contributed by atoms with Crippen molar-refractivity contribution in [3.63, 3.8) is 0 Å². The maximum absolute atomic E-state index is 4.28. The van der Waals surface area contributed by atoms with Crippen molar-refractivity contribution >= 4 is 66.7 Å². The van der Waals surface area contributed by atoms with E-state index in [9.17, 15) is 0 Å². The summed E-state index contributed by atoms with van der Waals surface area (Å²) < 4.78 is 7.22. The minimum absolute atomic E-state index is 1.12. The van der Waals surface area contributed by atoms with E-state index in [4.69, 9.17) is 0 Å².